The third-order valence-electron chi connectivity index (χ3n) is 2.11. The van der Waals surface area contributed by atoms with Crippen LogP contribution in [0.25, 0.3) is 0 Å². The van der Waals surface area contributed by atoms with Crippen LogP contribution in [0.2, 0.25) is 0 Å². The van der Waals surface area contributed by atoms with Gasteiger partial charge in [-0.1, -0.05) is 13.3 Å². The van der Waals surface area contributed by atoms with E-state index in [2.05, 4.69) is 24.2 Å². The van der Waals surface area contributed by atoms with Crippen molar-refractivity contribution in [3.8, 4) is 0 Å². The van der Waals surface area contributed by atoms with E-state index in [4.69, 9.17) is 0 Å². The van der Waals surface area contributed by atoms with E-state index in [1.54, 1.807) is 0 Å². The van der Waals surface area contributed by atoms with Gasteiger partial charge in [-0.15, -0.1) is 0 Å². The van der Waals surface area contributed by atoms with Crippen LogP contribution in [0.4, 0.5) is 0 Å². The topological polar surface area (TPSA) is 15.3 Å². The number of nitrogens with zero attached hydrogens (tertiary/aromatic N) is 1. The molecule has 0 atom stereocenters. The maximum absolute atomic E-state index is 3.17. The molecule has 0 spiro atoms. The van der Waals surface area contributed by atoms with Crippen molar-refractivity contribution in [1.82, 2.24) is 10.2 Å². The molecule has 2 heteroatoms. The first-order valence-electron chi connectivity index (χ1n) is 5.14. The van der Waals surface area contributed by atoms with Crippen LogP contribution in [0.3, 0.4) is 0 Å². The van der Waals surface area contributed by atoms with E-state index in [0.717, 1.165) is 6.54 Å². The maximum atomic E-state index is 3.17. The van der Waals surface area contributed by atoms with Gasteiger partial charge in [-0.2, -0.15) is 0 Å². The average molecular weight is 172 g/mol. The Hall–Kier alpha value is -0.0800. The summed E-state index contributed by atoms with van der Waals surface area (Å²) >= 11 is 0. The Morgan fingerprint density at radius 1 is 1.08 bits per heavy atom. The SMILES string of the molecule is CCCCN(C)CCCCNC. The molecule has 0 fully saturated rings. The molecule has 0 radical (unpaired) electrons. The lowest BCUT2D eigenvalue weighted by Gasteiger charge is -2.15. The van der Waals surface area contributed by atoms with E-state index in [9.17, 15) is 0 Å². The predicted molar refractivity (Wildman–Crippen MR) is 55.6 cm³/mol. The molecule has 0 bridgehead atoms. The van der Waals surface area contributed by atoms with Crippen LogP contribution in [0.15, 0.2) is 0 Å². The molecule has 0 aliphatic carbocycles. The third-order valence-corrected chi connectivity index (χ3v) is 2.11. The Kier molecular flexibility index (Phi) is 8.95. The van der Waals surface area contributed by atoms with Gasteiger partial charge in [0.05, 0.1) is 0 Å². The van der Waals surface area contributed by atoms with E-state index in [1.807, 2.05) is 7.05 Å². The van der Waals surface area contributed by atoms with Crippen LogP contribution < -0.4 is 5.32 Å². The number of rotatable bonds is 8. The molecule has 0 unspecified atom stereocenters. The van der Waals surface area contributed by atoms with Crippen molar-refractivity contribution in [2.45, 2.75) is 32.6 Å². The molecule has 0 aromatic heterocycles. The van der Waals surface area contributed by atoms with E-state index in [1.165, 1.54) is 38.8 Å². The van der Waals surface area contributed by atoms with Crippen molar-refractivity contribution in [2.75, 3.05) is 33.7 Å². The second-order valence-electron chi connectivity index (χ2n) is 3.47. The highest BCUT2D eigenvalue weighted by Crippen LogP contribution is 1.95. The number of unbranched alkanes of at least 4 members (excludes halogenated alkanes) is 2. The number of hydrogen-bond acceptors (Lipinski definition) is 2. The molecule has 74 valence electrons. The van der Waals surface area contributed by atoms with Gasteiger partial charge in [-0.3, -0.25) is 0 Å². The largest absolute Gasteiger partial charge is 0.320 e. The fourth-order valence-corrected chi connectivity index (χ4v) is 1.22. The Balaban J connectivity index is 3.02. The molecule has 0 rings (SSSR count). The van der Waals surface area contributed by atoms with Gasteiger partial charge in [0, 0.05) is 0 Å². The molecule has 0 aliphatic rings. The van der Waals surface area contributed by atoms with Gasteiger partial charge in [0.25, 0.3) is 0 Å². The summed E-state index contributed by atoms with van der Waals surface area (Å²) in [6.07, 6.45) is 5.26. The van der Waals surface area contributed by atoms with E-state index < -0.39 is 0 Å². The van der Waals surface area contributed by atoms with Crippen LogP contribution >= 0.6 is 0 Å². The predicted octanol–water partition coefficient (Wildman–Crippen LogP) is 1.72. The van der Waals surface area contributed by atoms with Crippen molar-refractivity contribution < 1.29 is 0 Å². The van der Waals surface area contributed by atoms with Crippen molar-refractivity contribution >= 4 is 0 Å². The smallest absolute Gasteiger partial charge is 0.00213 e. The summed E-state index contributed by atoms with van der Waals surface area (Å²) in [6.45, 7) is 5.91. The molecule has 1 N–H and O–H groups in total. The fourth-order valence-electron chi connectivity index (χ4n) is 1.22. The summed E-state index contributed by atoms with van der Waals surface area (Å²) in [5.74, 6) is 0. The number of hydrogen-bond donors (Lipinski definition) is 1. The van der Waals surface area contributed by atoms with Gasteiger partial charge in [0.15, 0.2) is 0 Å². The van der Waals surface area contributed by atoms with Crippen LogP contribution in [0.5, 0.6) is 0 Å². The lowest BCUT2D eigenvalue weighted by atomic mass is 10.2. The second-order valence-corrected chi connectivity index (χ2v) is 3.47. The molecule has 0 saturated carbocycles. The van der Waals surface area contributed by atoms with Gasteiger partial charge in [-0.05, 0) is 53.0 Å². The van der Waals surface area contributed by atoms with Crippen LogP contribution in [0, 0.1) is 0 Å². The standard InChI is InChI=1S/C10H24N2/c1-4-5-9-12(3)10-7-6-8-11-2/h11H,4-10H2,1-3H3. The molecule has 2 nitrogen and oxygen atoms in total. The third kappa shape index (κ3) is 8.02. The molecule has 0 amide bonds. The highest BCUT2D eigenvalue weighted by atomic mass is 15.1. The zero-order chi connectivity index (χ0) is 9.23. The van der Waals surface area contributed by atoms with E-state index in [-0.39, 0.29) is 0 Å². The quantitative estimate of drug-likeness (QED) is 0.561. The summed E-state index contributed by atoms with van der Waals surface area (Å²) in [6, 6.07) is 0. The van der Waals surface area contributed by atoms with Gasteiger partial charge < -0.3 is 10.2 Å². The highest BCUT2D eigenvalue weighted by Gasteiger charge is 1.95. The van der Waals surface area contributed by atoms with Gasteiger partial charge in [-0.25, -0.2) is 0 Å². The minimum Gasteiger partial charge on any atom is -0.320 e. The first-order valence-corrected chi connectivity index (χ1v) is 5.14. The van der Waals surface area contributed by atoms with Crippen molar-refractivity contribution in [3.05, 3.63) is 0 Å². The van der Waals surface area contributed by atoms with Crippen LogP contribution in [-0.4, -0.2) is 38.6 Å². The normalized spacial score (nSPS) is 11.0. The van der Waals surface area contributed by atoms with Crippen molar-refractivity contribution in [3.63, 3.8) is 0 Å². The second kappa shape index (κ2) is 9.01. The summed E-state index contributed by atoms with van der Waals surface area (Å²) < 4.78 is 0. The summed E-state index contributed by atoms with van der Waals surface area (Å²) in [5.41, 5.74) is 0. The van der Waals surface area contributed by atoms with E-state index in [0.29, 0.717) is 0 Å². The Labute approximate surface area is 77.3 Å². The highest BCUT2D eigenvalue weighted by molar-refractivity contribution is 4.52. The van der Waals surface area contributed by atoms with Crippen LogP contribution in [0.1, 0.15) is 32.6 Å². The molecular weight excluding hydrogens is 148 g/mol. The molecule has 0 heterocycles. The van der Waals surface area contributed by atoms with Crippen molar-refractivity contribution in [2.24, 2.45) is 0 Å². The fraction of sp³-hybridized carbons (Fsp3) is 1.00. The van der Waals surface area contributed by atoms with Gasteiger partial charge >= 0.3 is 0 Å². The minimum absolute atomic E-state index is 1.15. The Morgan fingerprint density at radius 2 is 1.75 bits per heavy atom. The van der Waals surface area contributed by atoms with Crippen LogP contribution in [-0.2, 0) is 0 Å². The molecule has 0 saturated heterocycles. The van der Waals surface area contributed by atoms with Gasteiger partial charge in [0.2, 0.25) is 0 Å². The average Bonchev–Trinajstić information content (AvgIpc) is 2.09. The summed E-state index contributed by atoms with van der Waals surface area (Å²) in [5, 5.41) is 3.17. The molecular formula is C10H24N2. The molecule has 12 heavy (non-hydrogen) atoms. The summed E-state index contributed by atoms with van der Waals surface area (Å²) in [4.78, 5) is 2.43. The summed E-state index contributed by atoms with van der Waals surface area (Å²) in [7, 11) is 4.23. The lowest BCUT2D eigenvalue weighted by Crippen LogP contribution is -2.21. The minimum atomic E-state index is 1.15. The zero-order valence-electron chi connectivity index (χ0n) is 8.90. The first-order chi connectivity index (χ1) is 5.81. The Bertz CT molecular complexity index is 83.9. The molecule has 0 aromatic rings. The zero-order valence-corrected chi connectivity index (χ0v) is 8.90. The number of nitrogens with one attached hydrogen (secondary N) is 1. The Morgan fingerprint density at radius 3 is 2.33 bits per heavy atom. The van der Waals surface area contributed by atoms with E-state index >= 15 is 0 Å². The lowest BCUT2D eigenvalue weighted by molar-refractivity contribution is 0.320. The maximum Gasteiger partial charge on any atom is -0.00213 e. The van der Waals surface area contributed by atoms with Crippen molar-refractivity contribution in [1.29, 1.82) is 0 Å². The molecule has 0 aromatic carbocycles. The monoisotopic (exact) mass is 172 g/mol. The molecule has 0 aliphatic heterocycles. The first kappa shape index (κ1) is 11.9. The van der Waals surface area contributed by atoms with Gasteiger partial charge in [0.1, 0.15) is 0 Å².